The minimum atomic E-state index is -0.807. The smallest absolute Gasteiger partial charge is 0.313 e. The summed E-state index contributed by atoms with van der Waals surface area (Å²) in [6, 6.07) is 0. The minimum absolute atomic E-state index is 0.0493. The highest BCUT2D eigenvalue weighted by Crippen LogP contribution is 2.28. The summed E-state index contributed by atoms with van der Waals surface area (Å²) in [4.78, 5) is 10.7. The van der Waals surface area contributed by atoms with Crippen LogP contribution in [0.5, 0.6) is 0 Å². The van der Waals surface area contributed by atoms with Gasteiger partial charge in [0, 0.05) is 13.0 Å². The molecule has 1 aromatic rings. The number of nitrogens with zero attached hydrogens (tertiary/aromatic N) is 3. The number of aliphatic carboxylic acids is 1. The van der Waals surface area contributed by atoms with Gasteiger partial charge in [-0.25, -0.2) is 0 Å². The van der Waals surface area contributed by atoms with Gasteiger partial charge in [-0.05, 0) is 18.8 Å². The van der Waals surface area contributed by atoms with Crippen LogP contribution < -0.4 is 0 Å². The van der Waals surface area contributed by atoms with Crippen LogP contribution in [0.2, 0.25) is 0 Å². The first-order chi connectivity index (χ1) is 10.2. The molecule has 0 unspecified atom stereocenters. The second-order valence-electron chi connectivity index (χ2n) is 5.78. The first kappa shape index (κ1) is 16.3. The first-order valence-electron chi connectivity index (χ1n) is 7.97. The van der Waals surface area contributed by atoms with Crippen molar-refractivity contribution in [3.63, 3.8) is 0 Å². The zero-order valence-electron chi connectivity index (χ0n) is 12.8. The average molecular weight is 311 g/mol. The van der Waals surface area contributed by atoms with E-state index in [1.807, 2.05) is 0 Å². The Morgan fingerprint density at radius 2 is 2.10 bits per heavy atom. The molecule has 0 radical (unpaired) electrons. The van der Waals surface area contributed by atoms with E-state index in [0.29, 0.717) is 0 Å². The monoisotopic (exact) mass is 311 g/mol. The number of aryl methyl sites for hydroxylation is 1. The van der Waals surface area contributed by atoms with Crippen molar-refractivity contribution in [2.75, 3.05) is 5.75 Å². The van der Waals surface area contributed by atoms with Crippen LogP contribution in [-0.4, -0.2) is 31.6 Å². The van der Waals surface area contributed by atoms with Gasteiger partial charge in [-0.3, -0.25) is 4.79 Å². The van der Waals surface area contributed by atoms with Gasteiger partial charge in [0.05, 0.1) is 5.75 Å². The van der Waals surface area contributed by atoms with Crippen LogP contribution in [0.4, 0.5) is 0 Å². The zero-order chi connectivity index (χ0) is 15.1. The third-order valence-electron chi connectivity index (χ3n) is 4.08. The van der Waals surface area contributed by atoms with Crippen LogP contribution in [0.25, 0.3) is 0 Å². The second kappa shape index (κ2) is 8.41. The molecular weight excluding hydrogens is 286 g/mol. The normalized spacial score (nSPS) is 16.2. The van der Waals surface area contributed by atoms with Crippen LogP contribution in [0.15, 0.2) is 5.16 Å². The fourth-order valence-electron chi connectivity index (χ4n) is 2.97. The second-order valence-corrected chi connectivity index (χ2v) is 6.72. The third-order valence-corrected chi connectivity index (χ3v) is 5.03. The lowest BCUT2D eigenvalue weighted by Crippen LogP contribution is -2.13. The van der Waals surface area contributed by atoms with E-state index in [0.717, 1.165) is 42.7 Å². The number of thioether (sulfide) groups is 1. The molecule has 0 atom stereocenters. The number of rotatable bonds is 8. The molecule has 21 heavy (non-hydrogen) atoms. The maximum atomic E-state index is 10.7. The van der Waals surface area contributed by atoms with Gasteiger partial charge in [0.25, 0.3) is 0 Å². The number of carboxylic acid groups (broad SMARTS) is 1. The quantitative estimate of drug-likeness (QED) is 0.745. The van der Waals surface area contributed by atoms with Gasteiger partial charge in [0.1, 0.15) is 5.82 Å². The lowest BCUT2D eigenvalue weighted by atomic mass is 9.87. The molecule has 0 aliphatic heterocycles. The Kier molecular flexibility index (Phi) is 6.54. The van der Waals surface area contributed by atoms with Crippen LogP contribution in [0.1, 0.15) is 57.7 Å². The summed E-state index contributed by atoms with van der Waals surface area (Å²) in [6.45, 7) is 3.05. The molecule has 0 amide bonds. The molecule has 118 valence electrons. The highest BCUT2D eigenvalue weighted by Gasteiger charge is 2.17. The van der Waals surface area contributed by atoms with E-state index in [1.54, 1.807) is 0 Å². The maximum absolute atomic E-state index is 10.7. The predicted molar refractivity (Wildman–Crippen MR) is 83.6 cm³/mol. The van der Waals surface area contributed by atoms with Crippen LogP contribution in [-0.2, 0) is 17.8 Å². The van der Waals surface area contributed by atoms with E-state index in [2.05, 4.69) is 21.7 Å². The first-order valence-corrected chi connectivity index (χ1v) is 8.96. The Bertz CT molecular complexity index is 456. The Hall–Kier alpha value is -1.04. The van der Waals surface area contributed by atoms with E-state index in [-0.39, 0.29) is 5.75 Å². The van der Waals surface area contributed by atoms with Gasteiger partial charge in [0.2, 0.25) is 0 Å². The predicted octanol–water partition coefficient (Wildman–Crippen LogP) is 3.38. The number of aromatic nitrogens is 3. The Labute approximate surface area is 130 Å². The van der Waals surface area contributed by atoms with Crippen molar-refractivity contribution in [1.29, 1.82) is 0 Å². The Morgan fingerprint density at radius 1 is 1.33 bits per heavy atom. The summed E-state index contributed by atoms with van der Waals surface area (Å²) in [7, 11) is 0. The Morgan fingerprint density at radius 3 is 2.76 bits per heavy atom. The van der Waals surface area contributed by atoms with Gasteiger partial charge < -0.3 is 9.67 Å². The fourth-order valence-corrected chi connectivity index (χ4v) is 3.68. The number of hydrogen-bond acceptors (Lipinski definition) is 4. The van der Waals surface area contributed by atoms with E-state index in [1.165, 1.54) is 43.9 Å². The molecule has 0 spiro atoms. The number of carboxylic acids is 1. The topological polar surface area (TPSA) is 68.0 Å². The lowest BCUT2D eigenvalue weighted by Gasteiger charge is -2.22. The summed E-state index contributed by atoms with van der Waals surface area (Å²) in [5.41, 5.74) is 0. The van der Waals surface area contributed by atoms with Crippen molar-refractivity contribution in [2.45, 2.75) is 70.0 Å². The van der Waals surface area contributed by atoms with E-state index in [4.69, 9.17) is 5.11 Å². The van der Waals surface area contributed by atoms with Gasteiger partial charge in [-0.15, -0.1) is 10.2 Å². The number of carbonyl (C=O) groups is 1. The molecule has 5 nitrogen and oxygen atoms in total. The summed E-state index contributed by atoms with van der Waals surface area (Å²) in [6.07, 6.45) is 9.87. The van der Waals surface area contributed by atoms with Crippen molar-refractivity contribution in [1.82, 2.24) is 14.8 Å². The molecule has 1 saturated carbocycles. The molecule has 1 fully saturated rings. The van der Waals surface area contributed by atoms with Crippen molar-refractivity contribution in [3.05, 3.63) is 5.82 Å². The highest BCUT2D eigenvalue weighted by atomic mass is 32.2. The van der Waals surface area contributed by atoms with Crippen LogP contribution in [0, 0.1) is 5.92 Å². The largest absolute Gasteiger partial charge is 0.481 e. The molecule has 0 bridgehead atoms. The molecule has 1 aliphatic carbocycles. The molecular formula is C15H25N3O2S. The fraction of sp³-hybridized carbons (Fsp3) is 0.800. The molecule has 1 aliphatic rings. The van der Waals surface area contributed by atoms with Gasteiger partial charge in [0.15, 0.2) is 5.16 Å². The van der Waals surface area contributed by atoms with Crippen LogP contribution >= 0.6 is 11.8 Å². The molecule has 1 N–H and O–H groups in total. The van der Waals surface area contributed by atoms with Crippen molar-refractivity contribution in [3.8, 4) is 0 Å². The van der Waals surface area contributed by atoms with Crippen molar-refractivity contribution < 1.29 is 9.90 Å². The summed E-state index contributed by atoms with van der Waals surface area (Å²) in [5, 5.41) is 18.0. The van der Waals surface area contributed by atoms with Crippen LogP contribution in [0.3, 0.4) is 0 Å². The SMILES string of the molecule is CCCc1nnc(SCC(=O)O)n1CCC1CCCCC1. The highest BCUT2D eigenvalue weighted by molar-refractivity contribution is 7.99. The zero-order valence-corrected chi connectivity index (χ0v) is 13.6. The van der Waals surface area contributed by atoms with Crippen molar-refractivity contribution in [2.24, 2.45) is 5.92 Å². The molecule has 0 aromatic carbocycles. The molecule has 0 saturated heterocycles. The molecule has 1 aromatic heterocycles. The van der Waals surface area contributed by atoms with E-state index < -0.39 is 5.97 Å². The summed E-state index contributed by atoms with van der Waals surface area (Å²) < 4.78 is 2.14. The lowest BCUT2D eigenvalue weighted by molar-refractivity contribution is -0.133. The maximum Gasteiger partial charge on any atom is 0.313 e. The molecule has 6 heteroatoms. The van der Waals surface area contributed by atoms with Gasteiger partial charge >= 0.3 is 5.97 Å². The van der Waals surface area contributed by atoms with Gasteiger partial charge in [-0.1, -0.05) is 50.8 Å². The number of hydrogen-bond donors (Lipinski definition) is 1. The average Bonchev–Trinajstić information content (AvgIpc) is 2.86. The summed E-state index contributed by atoms with van der Waals surface area (Å²) >= 11 is 1.28. The standard InChI is InChI=1S/C15H25N3O2S/c1-2-6-13-16-17-15(21-11-14(19)20)18(13)10-9-12-7-4-3-5-8-12/h12H,2-11H2,1H3,(H,19,20). The third kappa shape index (κ3) is 5.02. The van der Waals surface area contributed by atoms with Gasteiger partial charge in [-0.2, -0.15) is 0 Å². The summed E-state index contributed by atoms with van der Waals surface area (Å²) in [5.74, 6) is 1.06. The van der Waals surface area contributed by atoms with E-state index >= 15 is 0 Å². The molecule has 2 rings (SSSR count). The minimum Gasteiger partial charge on any atom is -0.481 e. The molecule has 1 heterocycles. The Balaban J connectivity index is 1.98. The van der Waals surface area contributed by atoms with E-state index in [9.17, 15) is 4.79 Å². The van der Waals surface area contributed by atoms with Crippen molar-refractivity contribution >= 4 is 17.7 Å².